The van der Waals surface area contributed by atoms with Gasteiger partial charge in [-0.05, 0) is 34.8 Å². The number of hydrogen-bond acceptors (Lipinski definition) is 2. The van der Waals surface area contributed by atoms with E-state index in [1.54, 1.807) is 22.6 Å². The van der Waals surface area contributed by atoms with Crippen molar-refractivity contribution in [2.24, 2.45) is 0 Å². The molecule has 5 rings (SSSR count). The number of nitrogens with one attached hydrogen (secondary N) is 1. The van der Waals surface area contributed by atoms with E-state index in [-0.39, 0.29) is 10.9 Å². The highest BCUT2D eigenvalue weighted by Gasteiger charge is 2.57. The van der Waals surface area contributed by atoms with Gasteiger partial charge >= 0.3 is 6.03 Å². The number of carbonyl (C=O) groups is 2. The van der Waals surface area contributed by atoms with Crippen molar-refractivity contribution in [3.63, 3.8) is 0 Å². The number of carbonyl (C=O) groups excluding carboxylic acids is 2. The van der Waals surface area contributed by atoms with Gasteiger partial charge in [0.2, 0.25) is 0 Å². The molecule has 5 nitrogen and oxygen atoms in total. The minimum Gasteiger partial charge on any atom is -0.315 e. The van der Waals surface area contributed by atoms with E-state index in [0.717, 1.165) is 11.1 Å². The second-order valence-electron chi connectivity index (χ2n) is 11.1. The van der Waals surface area contributed by atoms with Crippen LogP contribution in [0, 0.1) is 11.5 Å². The van der Waals surface area contributed by atoms with Gasteiger partial charge < -0.3 is 10.2 Å². The quantitative estimate of drug-likeness (QED) is 0.274. The molecule has 1 unspecified atom stereocenters. The Morgan fingerprint density at radius 1 is 0.973 bits per heavy atom. The minimum absolute atomic E-state index is 0.252. The molecule has 0 saturated carbocycles. The SMILES string of the molecule is CC(C)[Si](C#Cc1cc2cc(Cl)c(Cl)c3c2n1C(=O)NC31C(=O)N(C)c2ccccc21)(C(C)C)C(C)C. The molecule has 1 spiro atoms. The van der Waals surface area contributed by atoms with Crippen LogP contribution in [-0.2, 0) is 10.3 Å². The summed E-state index contributed by atoms with van der Waals surface area (Å²) < 4.78 is 1.57. The number of nitrogens with zero attached hydrogens (tertiary/aromatic N) is 2. The number of amides is 2. The number of likely N-dealkylation sites (N-methyl/N-ethyl adjacent to an activating group) is 1. The Morgan fingerprint density at radius 2 is 1.59 bits per heavy atom. The van der Waals surface area contributed by atoms with E-state index in [4.69, 9.17) is 23.2 Å². The Morgan fingerprint density at radius 3 is 2.22 bits per heavy atom. The van der Waals surface area contributed by atoms with E-state index in [1.807, 2.05) is 30.3 Å². The average molecular weight is 553 g/mol. The lowest BCUT2D eigenvalue weighted by Crippen LogP contribution is -2.57. The number of hydrogen-bond donors (Lipinski definition) is 1. The molecule has 0 fully saturated rings. The lowest BCUT2D eigenvalue weighted by atomic mass is 9.81. The van der Waals surface area contributed by atoms with Crippen molar-refractivity contribution < 1.29 is 9.59 Å². The summed E-state index contributed by atoms with van der Waals surface area (Å²) in [7, 11) is -0.348. The molecule has 2 aromatic carbocycles. The Kier molecular flexibility index (Phi) is 6.06. The molecule has 3 aromatic rings. The Balaban J connectivity index is 1.85. The van der Waals surface area contributed by atoms with Gasteiger partial charge in [0.15, 0.2) is 5.54 Å². The number of halogens is 2. The maximum absolute atomic E-state index is 13.9. The highest BCUT2D eigenvalue weighted by Crippen LogP contribution is 2.51. The molecule has 1 atom stereocenters. The van der Waals surface area contributed by atoms with E-state index in [2.05, 4.69) is 58.3 Å². The molecule has 0 bridgehead atoms. The van der Waals surface area contributed by atoms with Crippen molar-refractivity contribution in [1.29, 1.82) is 0 Å². The number of anilines is 1. The molecule has 3 heterocycles. The minimum atomic E-state index is -2.05. The maximum Gasteiger partial charge on any atom is 0.328 e. The number of benzene rings is 2. The summed E-state index contributed by atoms with van der Waals surface area (Å²) >= 11 is 13.5. The summed E-state index contributed by atoms with van der Waals surface area (Å²) in [4.78, 5) is 29.3. The topological polar surface area (TPSA) is 54.3 Å². The first-order valence-corrected chi connectivity index (χ1v) is 15.7. The summed E-state index contributed by atoms with van der Waals surface area (Å²) in [5.74, 6) is 3.14. The van der Waals surface area contributed by atoms with Gasteiger partial charge in [0.1, 0.15) is 13.8 Å². The first-order chi connectivity index (χ1) is 17.4. The number of rotatable bonds is 3. The van der Waals surface area contributed by atoms with Gasteiger partial charge in [-0.3, -0.25) is 9.36 Å². The molecule has 2 aliphatic rings. The van der Waals surface area contributed by atoms with Crippen LogP contribution < -0.4 is 10.2 Å². The van der Waals surface area contributed by atoms with E-state index >= 15 is 0 Å². The number of para-hydroxylation sites is 1. The third-order valence-corrected chi connectivity index (χ3v) is 15.5. The fraction of sp³-hybridized carbons (Fsp3) is 0.379. The highest BCUT2D eigenvalue weighted by molar-refractivity contribution is 6.90. The Bertz CT molecular complexity index is 1520. The molecule has 0 radical (unpaired) electrons. The lowest BCUT2D eigenvalue weighted by molar-refractivity contribution is -0.122. The zero-order chi connectivity index (χ0) is 27.0. The first-order valence-electron chi connectivity index (χ1n) is 12.7. The van der Waals surface area contributed by atoms with Gasteiger partial charge in [-0.2, -0.15) is 0 Å². The molecular formula is C29H31Cl2N3O2Si. The smallest absolute Gasteiger partial charge is 0.315 e. The predicted molar refractivity (Wildman–Crippen MR) is 154 cm³/mol. The molecule has 0 aliphatic carbocycles. The Labute approximate surface area is 229 Å². The van der Waals surface area contributed by atoms with Crippen molar-refractivity contribution >= 4 is 59.8 Å². The second kappa shape index (κ2) is 8.66. The molecule has 8 heteroatoms. The monoisotopic (exact) mass is 551 g/mol. The maximum atomic E-state index is 13.9. The zero-order valence-corrected chi connectivity index (χ0v) is 24.7. The Hall–Kier alpha value is -2.72. The van der Waals surface area contributed by atoms with E-state index < -0.39 is 19.6 Å². The van der Waals surface area contributed by atoms with Crippen molar-refractivity contribution in [1.82, 2.24) is 9.88 Å². The van der Waals surface area contributed by atoms with Gasteiger partial charge in [0.05, 0.1) is 15.6 Å². The fourth-order valence-electron chi connectivity index (χ4n) is 6.77. The van der Waals surface area contributed by atoms with Crippen LogP contribution in [0.4, 0.5) is 10.5 Å². The molecule has 2 aliphatic heterocycles. The lowest BCUT2D eigenvalue weighted by Gasteiger charge is -2.38. The van der Waals surface area contributed by atoms with Crippen LogP contribution in [0.5, 0.6) is 0 Å². The van der Waals surface area contributed by atoms with Gasteiger partial charge in [-0.25, -0.2) is 4.79 Å². The van der Waals surface area contributed by atoms with Crippen LogP contribution >= 0.6 is 23.2 Å². The fourth-order valence-corrected chi connectivity index (χ4v) is 12.5. The average Bonchev–Trinajstić information content (AvgIpc) is 3.29. The van der Waals surface area contributed by atoms with Gasteiger partial charge in [-0.15, -0.1) is 5.54 Å². The largest absolute Gasteiger partial charge is 0.328 e. The summed E-state index contributed by atoms with van der Waals surface area (Å²) in [6.07, 6.45) is 0. The highest BCUT2D eigenvalue weighted by atomic mass is 35.5. The van der Waals surface area contributed by atoms with E-state index in [1.165, 1.54) is 0 Å². The van der Waals surface area contributed by atoms with Gasteiger partial charge in [0, 0.05) is 29.2 Å². The van der Waals surface area contributed by atoms with Crippen LogP contribution in [0.3, 0.4) is 0 Å². The summed E-state index contributed by atoms with van der Waals surface area (Å²) in [5, 5.41) is 4.34. The van der Waals surface area contributed by atoms with Crippen LogP contribution in [0.1, 0.15) is 58.4 Å². The molecular weight excluding hydrogens is 521 g/mol. The zero-order valence-electron chi connectivity index (χ0n) is 22.2. The molecule has 37 heavy (non-hydrogen) atoms. The van der Waals surface area contributed by atoms with Gasteiger partial charge in [0.25, 0.3) is 5.91 Å². The van der Waals surface area contributed by atoms with Crippen molar-refractivity contribution in [3.8, 4) is 11.5 Å². The van der Waals surface area contributed by atoms with Crippen LogP contribution in [0.25, 0.3) is 10.9 Å². The van der Waals surface area contributed by atoms with Crippen LogP contribution in [0.15, 0.2) is 36.4 Å². The van der Waals surface area contributed by atoms with Crippen molar-refractivity contribution in [2.45, 2.75) is 63.7 Å². The molecule has 0 saturated heterocycles. The molecule has 192 valence electrons. The summed E-state index contributed by atoms with van der Waals surface area (Å²) in [5.41, 5.74) is 6.64. The number of aromatic nitrogens is 1. The number of fused-ring (bicyclic) bond motifs is 3. The van der Waals surface area contributed by atoms with Crippen molar-refractivity contribution in [3.05, 3.63) is 63.3 Å². The molecule has 2 amide bonds. The third-order valence-electron chi connectivity index (χ3n) is 8.42. The third kappa shape index (κ3) is 3.30. The summed E-state index contributed by atoms with van der Waals surface area (Å²) in [6.45, 7) is 13.5. The van der Waals surface area contributed by atoms with Crippen LogP contribution in [-0.4, -0.2) is 31.6 Å². The van der Waals surface area contributed by atoms with Crippen molar-refractivity contribution in [2.75, 3.05) is 11.9 Å². The first kappa shape index (κ1) is 25.9. The summed E-state index contributed by atoms with van der Waals surface area (Å²) in [6, 6.07) is 10.7. The predicted octanol–water partition coefficient (Wildman–Crippen LogP) is 7.31. The normalized spacial score (nSPS) is 18.8. The molecule has 1 aromatic heterocycles. The van der Waals surface area contributed by atoms with E-state index in [0.29, 0.717) is 44.0 Å². The standard InChI is InChI=1S/C29H31Cl2N3O2Si/c1-16(2)37(17(3)4,18(5)6)13-12-20-14-19-15-22(30)25(31)24-26(19)34(20)28(36)32-29(24)21-10-8-9-11-23(21)33(7)27(29)35/h8-11,14-18H,1-7H3,(H,32,36). The van der Waals surface area contributed by atoms with E-state index in [9.17, 15) is 9.59 Å². The molecule has 1 N–H and O–H groups in total. The van der Waals surface area contributed by atoms with Crippen LogP contribution in [0.2, 0.25) is 26.7 Å². The second-order valence-corrected chi connectivity index (χ2v) is 17.4. The van der Waals surface area contributed by atoms with Gasteiger partial charge in [-0.1, -0.05) is 88.9 Å².